The summed E-state index contributed by atoms with van der Waals surface area (Å²) in [5.74, 6) is -0.877. The molecule has 1 aromatic heterocycles. The molecule has 1 aliphatic rings. The Morgan fingerprint density at radius 3 is 3.11 bits per heavy atom. The molecule has 0 saturated carbocycles. The molecule has 2 heterocycles. The van der Waals surface area contributed by atoms with Crippen LogP contribution >= 0.6 is 11.3 Å². The monoisotopic (exact) mass is 393 g/mol. The normalized spacial score (nSPS) is 17.6. The summed E-state index contributed by atoms with van der Waals surface area (Å²) in [6, 6.07) is 5.60. The molecule has 1 aliphatic heterocycles. The first-order valence-corrected chi connectivity index (χ1v) is 9.24. The van der Waals surface area contributed by atoms with Gasteiger partial charge in [-0.15, -0.1) is 10.2 Å². The number of ether oxygens (including phenoxy) is 1. The van der Waals surface area contributed by atoms with Crippen LogP contribution in [-0.2, 0) is 27.5 Å². The number of hydrogen-bond acceptors (Lipinski definition) is 7. The summed E-state index contributed by atoms with van der Waals surface area (Å²) >= 11 is 1.22. The van der Waals surface area contributed by atoms with E-state index in [4.69, 9.17) is 4.74 Å². The Kier molecular flexibility index (Phi) is 6.43. The Labute approximate surface area is 159 Å². The lowest BCUT2D eigenvalue weighted by Gasteiger charge is -2.34. The molecule has 10 heteroatoms. The number of piperazine rings is 1. The summed E-state index contributed by atoms with van der Waals surface area (Å²) < 4.78 is 18.4. The number of aromatic nitrogens is 2. The molecule has 1 fully saturated rings. The van der Waals surface area contributed by atoms with Crippen LogP contribution in [0.2, 0.25) is 0 Å². The van der Waals surface area contributed by atoms with Crippen molar-refractivity contribution in [2.45, 2.75) is 25.6 Å². The minimum Gasteiger partial charge on any atom is -0.377 e. The van der Waals surface area contributed by atoms with Gasteiger partial charge in [0.05, 0.1) is 12.5 Å². The van der Waals surface area contributed by atoms with E-state index in [0.29, 0.717) is 36.4 Å². The second-order valence-electron chi connectivity index (χ2n) is 6.09. The highest BCUT2D eigenvalue weighted by atomic mass is 32.1. The molecule has 0 aliphatic carbocycles. The first kappa shape index (κ1) is 19.3. The second-order valence-corrected chi connectivity index (χ2v) is 7.16. The van der Waals surface area contributed by atoms with E-state index in [1.165, 1.54) is 23.5 Å². The molecule has 27 heavy (non-hydrogen) atoms. The third-order valence-corrected chi connectivity index (χ3v) is 4.89. The molecule has 1 unspecified atom stereocenters. The third kappa shape index (κ3) is 5.28. The number of halogens is 1. The molecular weight excluding hydrogens is 373 g/mol. The van der Waals surface area contributed by atoms with Crippen LogP contribution in [-0.4, -0.2) is 53.2 Å². The van der Waals surface area contributed by atoms with E-state index in [9.17, 15) is 14.0 Å². The highest BCUT2D eigenvalue weighted by molar-refractivity contribution is 7.15. The first-order valence-electron chi connectivity index (χ1n) is 8.42. The molecule has 2 amide bonds. The van der Waals surface area contributed by atoms with Gasteiger partial charge in [0.2, 0.25) is 16.9 Å². The van der Waals surface area contributed by atoms with Crippen LogP contribution in [0.3, 0.4) is 0 Å². The number of carbonyl (C=O) groups excluding carboxylic acids is 2. The minimum atomic E-state index is -0.631. The zero-order valence-electron chi connectivity index (χ0n) is 14.8. The molecule has 0 spiro atoms. The molecule has 8 nitrogen and oxygen atoms in total. The molecule has 2 N–H and O–H groups in total. The summed E-state index contributed by atoms with van der Waals surface area (Å²) in [5, 5.41) is 14.2. The van der Waals surface area contributed by atoms with Gasteiger partial charge in [-0.2, -0.15) is 0 Å². The minimum absolute atomic E-state index is 0.0274. The first-order chi connectivity index (χ1) is 13.0. The number of nitrogens with zero attached hydrogens (tertiary/aromatic N) is 3. The molecule has 1 saturated heterocycles. The van der Waals surface area contributed by atoms with Crippen LogP contribution in [0.4, 0.5) is 9.52 Å². The van der Waals surface area contributed by atoms with Crippen molar-refractivity contribution in [1.29, 1.82) is 0 Å². The van der Waals surface area contributed by atoms with Crippen molar-refractivity contribution >= 4 is 28.3 Å². The van der Waals surface area contributed by atoms with E-state index in [1.807, 2.05) is 4.90 Å². The number of benzene rings is 1. The van der Waals surface area contributed by atoms with Gasteiger partial charge in [0.15, 0.2) is 0 Å². The molecule has 1 atom stereocenters. The maximum absolute atomic E-state index is 13.4. The Morgan fingerprint density at radius 1 is 1.48 bits per heavy atom. The van der Waals surface area contributed by atoms with Gasteiger partial charge in [-0.05, 0) is 17.7 Å². The van der Waals surface area contributed by atoms with Crippen LogP contribution in [0, 0.1) is 5.82 Å². The molecule has 1 aromatic carbocycles. The predicted molar refractivity (Wildman–Crippen MR) is 97.5 cm³/mol. The van der Waals surface area contributed by atoms with Crippen LogP contribution in [0.5, 0.6) is 0 Å². The molecule has 3 rings (SSSR count). The van der Waals surface area contributed by atoms with Crippen LogP contribution in [0.15, 0.2) is 24.3 Å². The summed E-state index contributed by atoms with van der Waals surface area (Å²) in [5.41, 5.74) is 0.753. The van der Waals surface area contributed by atoms with Gasteiger partial charge < -0.3 is 15.4 Å². The van der Waals surface area contributed by atoms with Gasteiger partial charge in [-0.1, -0.05) is 23.5 Å². The zero-order chi connectivity index (χ0) is 19.2. The zero-order valence-corrected chi connectivity index (χ0v) is 15.6. The lowest BCUT2D eigenvalue weighted by atomic mass is 10.1. The van der Waals surface area contributed by atoms with Gasteiger partial charge >= 0.3 is 0 Å². The van der Waals surface area contributed by atoms with Crippen LogP contribution in [0.25, 0.3) is 0 Å². The largest absolute Gasteiger partial charge is 0.377 e. The maximum atomic E-state index is 13.4. The van der Waals surface area contributed by atoms with Crippen molar-refractivity contribution in [3.63, 3.8) is 0 Å². The fraction of sp³-hybridized carbons (Fsp3) is 0.412. The van der Waals surface area contributed by atoms with E-state index in [-0.39, 0.29) is 24.1 Å². The van der Waals surface area contributed by atoms with Gasteiger partial charge in [-0.3, -0.25) is 14.5 Å². The van der Waals surface area contributed by atoms with Crippen molar-refractivity contribution in [3.05, 3.63) is 40.7 Å². The van der Waals surface area contributed by atoms with E-state index >= 15 is 0 Å². The van der Waals surface area contributed by atoms with Crippen LogP contribution in [0.1, 0.15) is 17.0 Å². The predicted octanol–water partition coefficient (Wildman–Crippen LogP) is 1.15. The number of nitrogens with one attached hydrogen (secondary N) is 2. The highest BCUT2D eigenvalue weighted by Gasteiger charge is 2.31. The van der Waals surface area contributed by atoms with Gasteiger partial charge in [0.25, 0.3) is 0 Å². The Hall–Kier alpha value is -2.43. The highest BCUT2D eigenvalue weighted by Crippen LogP contribution is 2.18. The Bertz CT molecular complexity index is 815. The molecule has 2 aromatic rings. The van der Waals surface area contributed by atoms with E-state index in [1.54, 1.807) is 19.2 Å². The maximum Gasteiger partial charge on any atom is 0.237 e. The summed E-state index contributed by atoms with van der Waals surface area (Å²) in [7, 11) is 1.55. The number of rotatable bonds is 7. The molecular formula is C17H20FN5O3S. The smallest absolute Gasteiger partial charge is 0.237 e. The lowest BCUT2D eigenvalue weighted by Crippen LogP contribution is -2.55. The number of amides is 2. The summed E-state index contributed by atoms with van der Waals surface area (Å²) in [6.07, 6.45) is -0.0274. The quantitative estimate of drug-likeness (QED) is 0.733. The Balaban J connectivity index is 1.63. The number of hydrogen-bond donors (Lipinski definition) is 2. The number of carbonyl (C=O) groups is 2. The van der Waals surface area contributed by atoms with Crippen molar-refractivity contribution < 1.29 is 18.7 Å². The fourth-order valence-corrected chi connectivity index (χ4v) is 3.60. The van der Waals surface area contributed by atoms with Crippen molar-refractivity contribution in [2.75, 3.05) is 25.5 Å². The average Bonchev–Trinajstić information content (AvgIpc) is 3.05. The van der Waals surface area contributed by atoms with E-state index < -0.39 is 6.04 Å². The fourth-order valence-electron chi connectivity index (χ4n) is 2.87. The SMILES string of the molecule is COCc1nnc(NC(=O)CC2C(=O)NCCN2Cc2cccc(F)c2)s1. The number of anilines is 1. The molecule has 0 bridgehead atoms. The molecule has 144 valence electrons. The third-order valence-electron chi connectivity index (χ3n) is 4.08. The van der Waals surface area contributed by atoms with E-state index in [2.05, 4.69) is 20.8 Å². The van der Waals surface area contributed by atoms with E-state index in [0.717, 1.165) is 5.56 Å². The van der Waals surface area contributed by atoms with Gasteiger partial charge in [0.1, 0.15) is 17.4 Å². The second kappa shape index (κ2) is 8.98. The van der Waals surface area contributed by atoms with Crippen molar-refractivity contribution in [1.82, 2.24) is 20.4 Å². The van der Waals surface area contributed by atoms with Gasteiger partial charge in [0, 0.05) is 26.7 Å². The Morgan fingerprint density at radius 2 is 2.33 bits per heavy atom. The summed E-state index contributed by atoms with van der Waals surface area (Å²) in [4.78, 5) is 26.5. The van der Waals surface area contributed by atoms with Crippen LogP contribution < -0.4 is 10.6 Å². The van der Waals surface area contributed by atoms with Crippen molar-refractivity contribution in [3.8, 4) is 0 Å². The molecule has 0 radical (unpaired) electrons. The average molecular weight is 393 g/mol. The summed E-state index contributed by atoms with van der Waals surface area (Å²) in [6.45, 7) is 1.78. The number of methoxy groups -OCH3 is 1. The van der Waals surface area contributed by atoms with Gasteiger partial charge in [-0.25, -0.2) is 4.39 Å². The standard InChI is InChI=1S/C17H20FN5O3S/c1-26-10-15-21-22-17(27-15)20-14(24)8-13-16(25)19-5-6-23(13)9-11-3-2-4-12(18)7-11/h2-4,7,13H,5-6,8-10H2,1H3,(H,19,25)(H,20,22,24). The van der Waals surface area contributed by atoms with Crippen molar-refractivity contribution in [2.24, 2.45) is 0 Å². The lowest BCUT2D eigenvalue weighted by molar-refractivity contribution is -0.132. The topological polar surface area (TPSA) is 96.5 Å².